The summed E-state index contributed by atoms with van der Waals surface area (Å²) < 4.78 is 27.4. The Kier molecular flexibility index (Phi) is 6.95. The Bertz CT molecular complexity index is 873. The summed E-state index contributed by atoms with van der Waals surface area (Å²) >= 11 is 11.8. The van der Waals surface area contributed by atoms with Gasteiger partial charge in [0.15, 0.2) is 0 Å². The fourth-order valence-corrected chi connectivity index (χ4v) is 4.44. The largest absolute Gasteiger partial charge is 0.299 e. The number of hydrogen-bond donors (Lipinski definition) is 1. The number of likely N-dealkylation sites (tertiary alicyclic amines) is 1. The maximum atomic E-state index is 12.3. The molecular weight excluding hydrogens is 403 g/mol. The van der Waals surface area contributed by atoms with Gasteiger partial charge in [-0.05, 0) is 54.3 Å². The highest BCUT2D eigenvalue weighted by molar-refractivity contribution is 7.92. The van der Waals surface area contributed by atoms with Gasteiger partial charge in [0.05, 0.1) is 0 Å². The first-order valence-electron chi connectivity index (χ1n) is 8.82. The van der Waals surface area contributed by atoms with Gasteiger partial charge in [-0.15, -0.1) is 0 Å². The molecule has 1 heterocycles. The molecule has 2 aromatic rings. The van der Waals surface area contributed by atoms with E-state index in [1.165, 1.54) is 11.0 Å². The van der Waals surface area contributed by atoms with Crippen molar-refractivity contribution in [3.63, 3.8) is 0 Å². The lowest BCUT2D eigenvalue weighted by Crippen LogP contribution is -2.43. The van der Waals surface area contributed by atoms with Crippen LogP contribution < -0.4 is 4.72 Å². The lowest BCUT2D eigenvalue weighted by Gasteiger charge is -2.32. The summed E-state index contributed by atoms with van der Waals surface area (Å²) in [6.45, 7) is 2.57. The van der Waals surface area contributed by atoms with E-state index < -0.39 is 10.0 Å². The Hall–Kier alpha value is -1.37. The van der Waals surface area contributed by atoms with Crippen LogP contribution in [0.15, 0.2) is 53.9 Å². The van der Waals surface area contributed by atoms with Gasteiger partial charge in [0.2, 0.25) is 10.0 Å². The number of nitrogens with one attached hydrogen (secondary N) is 1. The second-order valence-corrected chi connectivity index (χ2v) is 9.16. The van der Waals surface area contributed by atoms with E-state index in [1.54, 1.807) is 30.3 Å². The highest BCUT2D eigenvalue weighted by Crippen LogP contribution is 2.17. The van der Waals surface area contributed by atoms with E-state index in [9.17, 15) is 8.42 Å². The molecule has 1 N–H and O–H groups in total. The van der Waals surface area contributed by atoms with Crippen molar-refractivity contribution in [1.82, 2.24) is 9.62 Å². The first kappa shape index (κ1) is 20.4. The number of sulfonamides is 1. The SMILES string of the molecule is O=S(=O)(/C=C/c1ccc(Cl)cc1)NC1CCN(Cc2ccc(Cl)cc2)CC1. The number of piperidine rings is 1. The average molecular weight is 425 g/mol. The average Bonchev–Trinajstić information content (AvgIpc) is 2.65. The number of rotatable bonds is 6. The van der Waals surface area contributed by atoms with Crippen LogP contribution in [-0.4, -0.2) is 32.4 Å². The summed E-state index contributed by atoms with van der Waals surface area (Å²) in [5.74, 6) is 0. The topological polar surface area (TPSA) is 49.4 Å². The Labute approximate surface area is 170 Å². The van der Waals surface area contributed by atoms with E-state index in [-0.39, 0.29) is 6.04 Å². The van der Waals surface area contributed by atoms with Crippen molar-refractivity contribution in [2.45, 2.75) is 25.4 Å². The molecule has 0 spiro atoms. The van der Waals surface area contributed by atoms with E-state index >= 15 is 0 Å². The highest BCUT2D eigenvalue weighted by Gasteiger charge is 2.22. The third-order valence-corrected chi connectivity index (χ3v) is 6.21. The lowest BCUT2D eigenvalue weighted by molar-refractivity contribution is 0.200. The molecule has 3 rings (SSSR count). The molecule has 0 aromatic heterocycles. The minimum absolute atomic E-state index is 0.0358. The third kappa shape index (κ3) is 6.63. The predicted molar refractivity (Wildman–Crippen MR) is 112 cm³/mol. The molecule has 0 aliphatic carbocycles. The van der Waals surface area contributed by atoms with Crippen LogP contribution in [0.5, 0.6) is 0 Å². The maximum absolute atomic E-state index is 12.3. The number of benzene rings is 2. The zero-order valence-corrected chi connectivity index (χ0v) is 17.1. The van der Waals surface area contributed by atoms with Crippen molar-refractivity contribution >= 4 is 39.3 Å². The first-order valence-corrected chi connectivity index (χ1v) is 11.1. The van der Waals surface area contributed by atoms with Gasteiger partial charge < -0.3 is 0 Å². The van der Waals surface area contributed by atoms with Crippen molar-refractivity contribution in [2.24, 2.45) is 0 Å². The van der Waals surface area contributed by atoms with Crippen molar-refractivity contribution in [1.29, 1.82) is 0 Å². The molecule has 27 heavy (non-hydrogen) atoms. The lowest BCUT2D eigenvalue weighted by atomic mass is 10.1. The molecule has 1 fully saturated rings. The molecule has 0 bridgehead atoms. The first-order chi connectivity index (χ1) is 12.9. The minimum Gasteiger partial charge on any atom is -0.299 e. The van der Waals surface area contributed by atoms with Crippen LogP contribution in [0.25, 0.3) is 6.08 Å². The summed E-state index contributed by atoms with van der Waals surface area (Å²) in [5.41, 5.74) is 2.01. The van der Waals surface area contributed by atoms with Gasteiger partial charge in [-0.3, -0.25) is 4.90 Å². The zero-order valence-electron chi connectivity index (χ0n) is 14.8. The van der Waals surface area contributed by atoms with E-state index in [0.29, 0.717) is 5.02 Å². The number of hydrogen-bond acceptors (Lipinski definition) is 3. The van der Waals surface area contributed by atoms with Gasteiger partial charge in [-0.25, -0.2) is 13.1 Å². The summed E-state index contributed by atoms with van der Waals surface area (Å²) in [7, 11) is -3.47. The smallest absolute Gasteiger partial charge is 0.233 e. The number of nitrogens with zero attached hydrogens (tertiary/aromatic N) is 1. The zero-order chi connectivity index (χ0) is 19.3. The molecule has 4 nitrogen and oxygen atoms in total. The van der Waals surface area contributed by atoms with Gasteiger partial charge in [-0.2, -0.15) is 0 Å². The maximum Gasteiger partial charge on any atom is 0.233 e. The van der Waals surface area contributed by atoms with Gasteiger partial charge in [0, 0.05) is 41.1 Å². The van der Waals surface area contributed by atoms with E-state index in [1.807, 2.05) is 24.3 Å². The third-order valence-electron chi connectivity index (χ3n) is 4.55. The van der Waals surface area contributed by atoms with Crippen LogP contribution in [0, 0.1) is 0 Å². The molecule has 0 atom stereocenters. The molecule has 7 heteroatoms. The summed E-state index contributed by atoms with van der Waals surface area (Å²) in [6, 6.07) is 14.8. The van der Waals surface area contributed by atoms with Crippen molar-refractivity contribution in [2.75, 3.05) is 13.1 Å². The van der Waals surface area contributed by atoms with Gasteiger partial charge in [0.1, 0.15) is 0 Å². The summed E-state index contributed by atoms with van der Waals surface area (Å²) in [4.78, 5) is 2.33. The quantitative estimate of drug-likeness (QED) is 0.739. The van der Waals surface area contributed by atoms with Crippen LogP contribution in [0.3, 0.4) is 0 Å². The molecule has 144 valence electrons. The molecule has 1 saturated heterocycles. The summed E-state index contributed by atoms with van der Waals surface area (Å²) in [5, 5.41) is 2.58. The van der Waals surface area contributed by atoms with Crippen LogP contribution in [0.2, 0.25) is 10.0 Å². The molecule has 1 aliphatic heterocycles. The van der Waals surface area contributed by atoms with Crippen molar-refractivity contribution in [3.8, 4) is 0 Å². The number of halogens is 2. The highest BCUT2D eigenvalue weighted by atomic mass is 35.5. The molecule has 0 radical (unpaired) electrons. The van der Waals surface area contributed by atoms with E-state index in [0.717, 1.165) is 43.1 Å². The fraction of sp³-hybridized carbons (Fsp3) is 0.300. The van der Waals surface area contributed by atoms with Gasteiger partial charge in [-0.1, -0.05) is 47.5 Å². The Morgan fingerprint density at radius 3 is 2.11 bits per heavy atom. The Morgan fingerprint density at radius 2 is 1.52 bits per heavy atom. The molecule has 0 unspecified atom stereocenters. The molecular formula is C20H22Cl2N2O2S. The molecule has 0 amide bonds. The van der Waals surface area contributed by atoms with Crippen LogP contribution in [0.4, 0.5) is 0 Å². The molecule has 0 saturated carbocycles. The second-order valence-electron chi connectivity index (χ2n) is 6.69. The predicted octanol–water partition coefficient (Wildman–Crippen LogP) is 4.55. The summed E-state index contributed by atoms with van der Waals surface area (Å²) in [6.07, 6.45) is 3.16. The molecule has 1 aliphatic rings. The Balaban J connectivity index is 1.49. The standard InChI is InChI=1S/C20H22Cl2N2O2S/c21-18-5-1-16(2-6-18)11-14-27(25,26)23-20-9-12-24(13-10-20)15-17-3-7-19(22)8-4-17/h1-8,11,14,20,23H,9-10,12-13,15H2/b14-11+. The van der Waals surface area contributed by atoms with Crippen LogP contribution in [0.1, 0.15) is 24.0 Å². The van der Waals surface area contributed by atoms with Gasteiger partial charge in [0.25, 0.3) is 0 Å². The normalized spacial score (nSPS) is 16.8. The monoisotopic (exact) mass is 424 g/mol. The van der Waals surface area contributed by atoms with Crippen LogP contribution in [-0.2, 0) is 16.6 Å². The van der Waals surface area contributed by atoms with E-state index in [2.05, 4.69) is 9.62 Å². The fourth-order valence-electron chi connectivity index (χ4n) is 3.07. The van der Waals surface area contributed by atoms with Crippen molar-refractivity contribution < 1.29 is 8.42 Å². The minimum atomic E-state index is -3.47. The molecule has 2 aromatic carbocycles. The van der Waals surface area contributed by atoms with E-state index in [4.69, 9.17) is 23.2 Å². The Morgan fingerprint density at radius 1 is 0.963 bits per heavy atom. The van der Waals surface area contributed by atoms with Gasteiger partial charge >= 0.3 is 0 Å². The second kappa shape index (κ2) is 9.22. The van der Waals surface area contributed by atoms with Crippen LogP contribution >= 0.6 is 23.2 Å². The van der Waals surface area contributed by atoms with Crippen molar-refractivity contribution in [3.05, 3.63) is 75.1 Å².